The standard InChI is InChI=1S/C13H16O2.Li/c1-2-3-9-11-12(15-13(11)14)10-7-5-4-6-8-10;/h4-8,12,14H,2-3,9H2,1H3;/q;+1/p-1. The van der Waals surface area contributed by atoms with Crippen molar-refractivity contribution in [1.29, 1.82) is 0 Å². The van der Waals surface area contributed by atoms with Gasteiger partial charge in [0, 0.05) is 0 Å². The molecule has 3 heteroatoms. The molecule has 1 aromatic rings. The van der Waals surface area contributed by atoms with E-state index in [2.05, 4.69) is 6.92 Å². The number of ether oxygens (including phenoxy) is 1. The van der Waals surface area contributed by atoms with Crippen LogP contribution in [-0.2, 0) is 4.74 Å². The van der Waals surface area contributed by atoms with Crippen molar-refractivity contribution in [3.05, 3.63) is 47.4 Å². The quantitative estimate of drug-likeness (QED) is 0.629. The first-order chi connectivity index (χ1) is 7.33. The van der Waals surface area contributed by atoms with Crippen molar-refractivity contribution in [3.8, 4) is 0 Å². The molecule has 0 spiro atoms. The first kappa shape index (κ1) is 13.2. The monoisotopic (exact) mass is 210 g/mol. The molecule has 0 N–H and O–H groups in total. The molecule has 1 aliphatic heterocycles. The van der Waals surface area contributed by atoms with Gasteiger partial charge in [0.2, 0.25) is 0 Å². The maximum atomic E-state index is 11.3. The third kappa shape index (κ3) is 2.64. The molecule has 0 saturated carbocycles. The SMILES string of the molecule is CCCCC1=C([O-])OC1c1ccccc1.[Li+]. The molecule has 0 fully saturated rings. The van der Waals surface area contributed by atoms with Crippen LogP contribution in [0.25, 0.3) is 0 Å². The zero-order chi connectivity index (χ0) is 10.7. The maximum absolute atomic E-state index is 11.3. The fraction of sp³-hybridized carbons (Fsp3) is 0.385. The Bertz CT molecular complexity index is 359. The maximum Gasteiger partial charge on any atom is 1.00 e. The first-order valence-corrected chi connectivity index (χ1v) is 5.44. The van der Waals surface area contributed by atoms with E-state index in [1.54, 1.807) is 0 Å². The summed E-state index contributed by atoms with van der Waals surface area (Å²) in [5.41, 5.74) is 2.02. The molecule has 16 heavy (non-hydrogen) atoms. The Morgan fingerprint density at radius 1 is 1.25 bits per heavy atom. The van der Waals surface area contributed by atoms with Gasteiger partial charge in [-0.25, -0.2) is 0 Å². The summed E-state index contributed by atoms with van der Waals surface area (Å²) in [7, 11) is 0. The van der Waals surface area contributed by atoms with E-state index in [0.717, 1.165) is 30.4 Å². The predicted octanol–water partition coefficient (Wildman–Crippen LogP) is -0.476. The van der Waals surface area contributed by atoms with E-state index in [1.807, 2.05) is 30.3 Å². The van der Waals surface area contributed by atoms with Crippen LogP contribution in [0, 0.1) is 0 Å². The summed E-state index contributed by atoms with van der Waals surface area (Å²) < 4.78 is 5.16. The number of rotatable bonds is 4. The summed E-state index contributed by atoms with van der Waals surface area (Å²) in [4.78, 5) is 0. The summed E-state index contributed by atoms with van der Waals surface area (Å²) in [5, 5.41) is 11.3. The van der Waals surface area contributed by atoms with Gasteiger partial charge in [-0.2, -0.15) is 0 Å². The van der Waals surface area contributed by atoms with E-state index >= 15 is 0 Å². The van der Waals surface area contributed by atoms with Gasteiger partial charge in [0.1, 0.15) is 0 Å². The topological polar surface area (TPSA) is 32.3 Å². The molecule has 0 aromatic heterocycles. The van der Waals surface area contributed by atoms with Crippen molar-refractivity contribution in [1.82, 2.24) is 0 Å². The van der Waals surface area contributed by atoms with Gasteiger partial charge < -0.3 is 9.84 Å². The van der Waals surface area contributed by atoms with Gasteiger partial charge in [0.15, 0.2) is 0 Å². The van der Waals surface area contributed by atoms with Gasteiger partial charge in [0.25, 0.3) is 0 Å². The molecule has 1 atom stereocenters. The Hall–Kier alpha value is -0.843. The third-order valence-corrected chi connectivity index (χ3v) is 2.71. The van der Waals surface area contributed by atoms with Crippen molar-refractivity contribution >= 4 is 0 Å². The zero-order valence-electron chi connectivity index (χ0n) is 9.90. The predicted molar refractivity (Wildman–Crippen MR) is 56.8 cm³/mol. The minimum absolute atomic E-state index is 0. The number of hydrogen-bond donors (Lipinski definition) is 0. The smallest absolute Gasteiger partial charge is 0.601 e. The summed E-state index contributed by atoms with van der Waals surface area (Å²) in [5.74, 6) is -0.114. The Balaban J connectivity index is 0.00000128. The van der Waals surface area contributed by atoms with Crippen LogP contribution < -0.4 is 24.0 Å². The molecule has 1 aromatic carbocycles. The molecule has 0 saturated heterocycles. The van der Waals surface area contributed by atoms with Crippen LogP contribution in [0.1, 0.15) is 37.9 Å². The van der Waals surface area contributed by atoms with E-state index in [9.17, 15) is 5.11 Å². The van der Waals surface area contributed by atoms with Crippen LogP contribution in [0.15, 0.2) is 41.9 Å². The van der Waals surface area contributed by atoms with Crippen molar-refractivity contribution < 1.29 is 28.7 Å². The van der Waals surface area contributed by atoms with E-state index in [1.165, 1.54) is 0 Å². The molecular weight excluding hydrogens is 195 g/mol. The van der Waals surface area contributed by atoms with E-state index < -0.39 is 0 Å². The number of hydrogen-bond acceptors (Lipinski definition) is 2. The van der Waals surface area contributed by atoms with Crippen LogP contribution in [0.2, 0.25) is 0 Å². The van der Waals surface area contributed by atoms with Crippen LogP contribution in [0.5, 0.6) is 0 Å². The van der Waals surface area contributed by atoms with Crippen LogP contribution in [-0.4, -0.2) is 0 Å². The second-order valence-corrected chi connectivity index (χ2v) is 3.82. The second kappa shape index (κ2) is 6.03. The number of unbranched alkanes of at least 4 members (excludes halogenated alkanes) is 1. The largest absolute Gasteiger partial charge is 1.00 e. The molecule has 0 radical (unpaired) electrons. The van der Waals surface area contributed by atoms with Gasteiger partial charge in [-0.05, 0) is 24.0 Å². The van der Waals surface area contributed by atoms with Gasteiger partial charge in [-0.1, -0.05) is 43.7 Å². The summed E-state index contributed by atoms with van der Waals surface area (Å²) in [6, 6.07) is 9.92. The fourth-order valence-electron chi connectivity index (χ4n) is 1.80. The summed E-state index contributed by atoms with van der Waals surface area (Å²) in [6.45, 7) is 2.13. The van der Waals surface area contributed by atoms with Gasteiger partial charge >= 0.3 is 18.9 Å². The van der Waals surface area contributed by atoms with E-state index in [-0.39, 0.29) is 30.9 Å². The van der Waals surface area contributed by atoms with Crippen LogP contribution >= 0.6 is 0 Å². The molecular formula is C13H15LiO2. The Kier molecular flexibility index (Phi) is 4.99. The van der Waals surface area contributed by atoms with Crippen molar-refractivity contribution in [3.63, 3.8) is 0 Å². The molecule has 0 amide bonds. The van der Waals surface area contributed by atoms with Crippen LogP contribution in [0.4, 0.5) is 0 Å². The molecule has 2 nitrogen and oxygen atoms in total. The van der Waals surface area contributed by atoms with Gasteiger partial charge in [0.05, 0.1) is 12.0 Å². The third-order valence-electron chi connectivity index (χ3n) is 2.71. The molecule has 80 valence electrons. The van der Waals surface area contributed by atoms with Crippen molar-refractivity contribution in [2.45, 2.75) is 32.3 Å². The molecule has 0 aliphatic carbocycles. The van der Waals surface area contributed by atoms with E-state index in [0.29, 0.717) is 0 Å². The normalized spacial score (nSPS) is 18.4. The minimum atomic E-state index is -0.114. The van der Waals surface area contributed by atoms with E-state index in [4.69, 9.17) is 4.74 Å². The molecule has 0 bridgehead atoms. The average molecular weight is 210 g/mol. The Morgan fingerprint density at radius 2 is 1.94 bits per heavy atom. The average Bonchev–Trinajstić information content (AvgIpc) is 2.27. The van der Waals surface area contributed by atoms with Crippen molar-refractivity contribution in [2.75, 3.05) is 0 Å². The van der Waals surface area contributed by atoms with Crippen molar-refractivity contribution in [2.24, 2.45) is 0 Å². The van der Waals surface area contributed by atoms with Gasteiger partial charge in [-0.3, -0.25) is 0 Å². The number of benzene rings is 1. The minimum Gasteiger partial charge on any atom is -0.601 e. The summed E-state index contributed by atoms with van der Waals surface area (Å²) in [6.07, 6.45) is 2.96. The molecule has 1 unspecified atom stereocenters. The second-order valence-electron chi connectivity index (χ2n) is 3.82. The first-order valence-electron chi connectivity index (χ1n) is 5.44. The molecule has 1 aliphatic rings. The van der Waals surface area contributed by atoms with Gasteiger partial charge in [-0.15, -0.1) is 0 Å². The Morgan fingerprint density at radius 3 is 2.50 bits per heavy atom. The Labute approximate surface area is 108 Å². The fourth-order valence-corrected chi connectivity index (χ4v) is 1.80. The molecule has 1 heterocycles. The van der Waals surface area contributed by atoms with Crippen LogP contribution in [0.3, 0.4) is 0 Å². The zero-order valence-corrected chi connectivity index (χ0v) is 9.90. The summed E-state index contributed by atoms with van der Waals surface area (Å²) >= 11 is 0. The molecule has 2 rings (SSSR count).